The molecular weight excluding hydrogens is 312 g/mol. The van der Waals surface area contributed by atoms with E-state index in [9.17, 15) is 16.8 Å². The molecule has 6 nitrogen and oxygen atoms in total. The van der Waals surface area contributed by atoms with E-state index in [4.69, 9.17) is 0 Å². The van der Waals surface area contributed by atoms with Gasteiger partial charge in [0.15, 0.2) is 0 Å². The zero-order valence-corrected chi connectivity index (χ0v) is 14.3. The molecule has 0 aliphatic rings. The molecule has 0 aliphatic heterocycles. The molecule has 1 aromatic rings. The van der Waals surface area contributed by atoms with Gasteiger partial charge in [-0.3, -0.25) is 0 Å². The summed E-state index contributed by atoms with van der Waals surface area (Å²) in [7, 11) is -6.78. The minimum absolute atomic E-state index is 0.0704. The molecule has 1 atom stereocenters. The predicted octanol–water partition coefficient (Wildman–Crippen LogP) is 1.22. The molecule has 21 heavy (non-hydrogen) atoms. The van der Waals surface area contributed by atoms with Gasteiger partial charge in [-0.25, -0.2) is 21.6 Å². The van der Waals surface area contributed by atoms with Crippen molar-refractivity contribution in [2.24, 2.45) is 0 Å². The van der Waals surface area contributed by atoms with Crippen LogP contribution in [0.15, 0.2) is 29.2 Å². The molecule has 1 rings (SSSR count). The van der Waals surface area contributed by atoms with E-state index in [1.54, 1.807) is 39.0 Å². The molecule has 8 heteroatoms. The van der Waals surface area contributed by atoms with E-state index in [0.29, 0.717) is 5.69 Å². The summed E-state index contributed by atoms with van der Waals surface area (Å²) in [6.07, 6.45) is 1.15. The van der Waals surface area contributed by atoms with Gasteiger partial charge >= 0.3 is 0 Å². The molecule has 0 spiro atoms. The third kappa shape index (κ3) is 6.03. The van der Waals surface area contributed by atoms with Gasteiger partial charge in [-0.15, -0.1) is 0 Å². The summed E-state index contributed by atoms with van der Waals surface area (Å²) in [4.78, 5) is 0.110. The second kappa shape index (κ2) is 6.76. The molecule has 0 heterocycles. The van der Waals surface area contributed by atoms with Crippen LogP contribution < -0.4 is 10.0 Å². The predicted molar refractivity (Wildman–Crippen MR) is 84.7 cm³/mol. The highest BCUT2D eigenvalue weighted by atomic mass is 32.2. The first kappa shape index (κ1) is 17.9. The van der Waals surface area contributed by atoms with Crippen molar-refractivity contribution < 1.29 is 16.8 Å². The van der Waals surface area contributed by atoms with Crippen molar-refractivity contribution in [1.29, 1.82) is 0 Å². The first-order chi connectivity index (χ1) is 9.51. The number of sulfonamides is 1. The Balaban J connectivity index is 3.05. The molecule has 0 saturated heterocycles. The van der Waals surface area contributed by atoms with E-state index >= 15 is 0 Å². The average molecular weight is 334 g/mol. The van der Waals surface area contributed by atoms with Crippen LogP contribution in [0.1, 0.15) is 20.8 Å². The van der Waals surface area contributed by atoms with Crippen molar-refractivity contribution in [1.82, 2.24) is 4.72 Å². The van der Waals surface area contributed by atoms with Gasteiger partial charge in [-0.05, 0) is 32.9 Å². The van der Waals surface area contributed by atoms with E-state index in [1.165, 1.54) is 6.07 Å². The Hall–Kier alpha value is -1.12. The number of anilines is 1. The maximum absolute atomic E-state index is 12.3. The van der Waals surface area contributed by atoms with Crippen LogP contribution in [0.2, 0.25) is 0 Å². The molecule has 120 valence electrons. The van der Waals surface area contributed by atoms with Crippen LogP contribution in [-0.4, -0.2) is 40.9 Å². The molecule has 0 saturated carbocycles. The number of hydrogen-bond acceptors (Lipinski definition) is 5. The first-order valence-electron chi connectivity index (χ1n) is 6.57. The largest absolute Gasteiger partial charge is 0.380 e. The van der Waals surface area contributed by atoms with E-state index in [0.717, 1.165) is 6.26 Å². The van der Waals surface area contributed by atoms with E-state index in [1.807, 2.05) is 0 Å². The van der Waals surface area contributed by atoms with E-state index < -0.39 is 25.9 Å². The van der Waals surface area contributed by atoms with Crippen LogP contribution >= 0.6 is 0 Å². The summed E-state index contributed by atoms with van der Waals surface area (Å²) in [5.74, 6) is -0.0704. The number of sulfone groups is 1. The van der Waals surface area contributed by atoms with Gasteiger partial charge < -0.3 is 5.32 Å². The quantitative estimate of drug-likeness (QED) is 0.782. The van der Waals surface area contributed by atoms with Crippen LogP contribution in [0.5, 0.6) is 0 Å². The third-order valence-corrected chi connectivity index (χ3v) is 5.34. The van der Waals surface area contributed by atoms with Gasteiger partial charge in [0.1, 0.15) is 14.7 Å². The van der Waals surface area contributed by atoms with Crippen LogP contribution in [0, 0.1) is 0 Å². The topological polar surface area (TPSA) is 92.3 Å². The molecule has 2 N–H and O–H groups in total. The molecule has 0 bridgehead atoms. The highest BCUT2D eigenvalue weighted by Crippen LogP contribution is 2.21. The fourth-order valence-electron chi connectivity index (χ4n) is 1.96. The second-order valence-electron chi connectivity index (χ2n) is 5.41. The third-order valence-electron chi connectivity index (χ3n) is 2.52. The highest BCUT2D eigenvalue weighted by Gasteiger charge is 2.20. The maximum atomic E-state index is 12.3. The molecular formula is C13H22N2O4S2. The van der Waals surface area contributed by atoms with Gasteiger partial charge in [0, 0.05) is 18.3 Å². The summed E-state index contributed by atoms with van der Waals surface area (Å²) in [6, 6.07) is 5.81. The Bertz CT molecular complexity index is 682. The number of nitrogens with one attached hydrogen (secondary N) is 2. The minimum atomic E-state index is -3.64. The zero-order chi connectivity index (χ0) is 16.3. The fraction of sp³-hybridized carbons (Fsp3) is 0.538. The van der Waals surface area contributed by atoms with Gasteiger partial charge in [-0.2, -0.15) is 0 Å². The molecule has 0 fully saturated rings. The second-order valence-corrected chi connectivity index (χ2v) is 9.28. The lowest BCUT2D eigenvalue weighted by Crippen LogP contribution is -2.32. The van der Waals surface area contributed by atoms with Gasteiger partial charge in [0.2, 0.25) is 10.0 Å². The molecule has 1 aromatic carbocycles. The molecule has 0 amide bonds. The number of benzene rings is 1. The molecule has 1 unspecified atom stereocenters. The molecule has 0 aliphatic carbocycles. The lowest BCUT2D eigenvalue weighted by atomic mass is 10.3. The standard InChI is InChI=1S/C13H22N2O4S2/c1-10(2)15-21(18,19)13-8-6-5-7-12(13)14-11(3)9-20(4,16)17/h5-8,10-11,14-15H,9H2,1-4H3. The fourth-order valence-corrected chi connectivity index (χ4v) is 4.37. The first-order valence-corrected chi connectivity index (χ1v) is 10.1. The maximum Gasteiger partial charge on any atom is 0.242 e. The van der Waals surface area contributed by atoms with Gasteiger partial charge in [0.25, 0.3) is 0 Å². The summed E-state index contributed by atoms with van der Waals surface area (Å²) in [5.41, 5.74) is 0.391. The van der Waals surface area contributed by atoms with Crippen molar-refractivity contribution >= 4 is 25.5 Å². The SMILES string of the molecule is CC(C)NS(=O)(=O)c1ccccc1NC(C)CS(C)(=O)=O. The Morgan fingerprint density at radius 3 is 2.14 bits per heavy atom. The van der Waals surface area contributed by atoms with Crippen molar-refractivity contribution in [3.8, 4) is 0 Å². The van der Waals surface area contributed by atoms with Gasteiger partial charge in [-0.1, -0.05) is 12.1 Å². The lowest BCUT2D eigenvalue weighted by molar-refractivity contribution is 0.570. The van der Waals surface area contributed by atoms with E-state index in [-0.39, 0.29) is 16.7 Å². The monoisotopic (exact) mass is 334 g/mol. The van der Waals surface area contributed by atoms with Crippen LogP contribution in [0.3, 0.4) is 0 Å². The normalized spacial score (nSPS) is 14.1. The zero-order valence-electron chi connectivity index (χ0n) is 12.6. The van der Waals surface area contributed by atoms with Crippen LogP contribution in [0.4, 0.5) is 5.69 Å². The van der Waals surface area contributed by atoms with Crippen molar-refractivity contribution in [3.63, 3.8) is 0 Å². The summed E-state index contributed by atoms with van der Waals surface area (Å²) < 4.78 is 49.6. The van der Waals surface area contributed by atoms with Crippen LogP contribution in [-0.2, 0) is 19.9 Å². The van der Waals surface area contributed by atoms with Crippen molar-refractivity contribution in [2.75, 3.05) is 17.3 Å². The lowest BCUT2D eigenvalue weighted by Gasteiger charge is -2.18. The molecule has 0 radical (unpaired) electrons. The Morgan fingerprint density at radius 1 is 1.05 bits per heavy atom. The van der Waals surface area contributed by atoms with Crippen molar-refractivity contribution in [2.45, 2.75) is 37.8 Å². The smallest absolute Gasteiger partial charge is 0.242 e. The number of hydrogen-bond donors (Lipinski definition) is 2. The van der Waals surface area contributed by atoms with Gasteiger partial charge in [0.05, 0.1) is 11.4 Å². The minimum Gasteiger partial charge on any atom is -0.380 e. The van der Waals surface area contributed by atoms with Crippen LogP contribution in [0.25, 0.3) is 0 Å². The Morgan fingerprint density at radius 2 is 1.62 bits per heavy atom. The number of rotatable bonds is 7. The summed E-state index contributed by atoms with van der Waals surface area (Å²) in [5, 5.41) is 2.95. The van der Waals surface area contributed by atoms with E-state index in [2.05, 4.69) is 10.0 Å². The Kier molecular flexibility index (Phi) is 5.77. The molecule has 0 aromatic heterocycles. The highest BCUT2D eigenvalue weighted by molar-refractivity contribution is 7.90. The summed E-state index contributed by atoms with van der Waals surface area (Å²) >= 11 is 0. The van der Waals surface area contributed by atoms with Crippen molar-refractivity contribution in [3.05, 3.63) is 24.3 Å². The number of para-hydroxylation sites is 1. The summed E-state index contributed by atoms with van der Waals surface area (Å²) in [6.45, 7) is 5.17. The Labute approximate surface area is 126 Å². The average Bonchev–Trinajstić information content (AvgIpc) is 2.24.